The Hall–Kier alpha value is -4.28. The van der Waals surface area contributed by atoms with Crippen LogP contribution in [0.5, 0.6) is 11.6 Å². The normalized spacial score (nSPS) is 12.2. The van der Waals surface area contributed by atoms with Gasteiger partial charge in [-0.25, -0.2) is 14.8 Å². The van der Waals surface area contributed by atoms with Crippen LogP contribution in [-0.4, -0.2) is 40.9 Å². The van der Waals surface area contributed by atoms with E-state index in [-0.39, 0.29) is 12.4 Å². The first kappa shape index (κ1) is 24.8. The molecule has 0 spiro atoms. The van der Waals surface area contributed by atoms with Crippen molar-refractivity contribution in [2.45, 2.75) is 25.2 Å². The van der Waals surface area contributed by atoms with Crippen molar-refractivity contribution in [1.82, 2.24) is 25.6 Å². The number of carbonyl (C=O) groups is 1. The molecule has 188 valence electrons. The molecule has 4 aromatic rings. The highest BCUT2D eigenvalue weighted by atomic mass is 19.4. The minimum Gasteiger partial charge on any atom is -0.497 e. The Morgan fingerprint density at radius 1 is 1.08 bits per heavy atom. The van der Waals surface area contributed by atoms with Gasteiger partial charge in [-0.2, -0.15) is 13.2 Å². The molecular formula is C25H24F3N5O3. The van der Waals surface area contributed by atoms with Gasteiger partial charge in [0.1, 0.15) is 11.6 Å². The second kappa shape index (κ2) is 11.0. The van der Waals surface area contributed by atoms with E-state index in [0.29, 0.717) is 23.6 Å². The number of hydrogen-bond acceptors (Lipinski definition) is 5. The van der Waals surface area contributed by atoms with Crippen molar-refractivity contribution in [3.05, 3.63) is 83.8 Å². The Kier molecular flexibility index (Phi) is 7.57. The topological polar surface area (TPSA) is 101 Å². The van der Waals surface area contributed by atoms with Crippen LogP contribution in [0.15, 0.2) is 66.9 Å². The van der Waals surface area contributed by atoms with Crippen LogP contribution in [0.25, 0.3) is 11.0 Å². The molecule has 1 atom stereocenters. The van der Waals surface area contributed by atoms with Crippen LogP contribution >= 0.6 is 0 Å². The number of ether oxygens (including phenoxy) is 2. The number of urea groups is 1. The Morgan fingerprint density at radius 3 is 2.58 bits per heavy atom. The second-order valence-corrected chi connectivity index (χ2v) is 7.94. The first-order valence-corrected chi connectivity index (χ1v) is 11.1. The number of hydrogen-bond donors (Lipinski definition) is 3. The fourth-order valence-corrected chi connectivity index (χ4v) is 3.57. The van der Waals surface area contributed by atoms with E-state index >= 15 is 0 Å². The van der Waals surface area contributed by atoms with Gasteiger partial charge < -0.3 is 25.1 Å². The van der Waals surface area contributed by atoms with E-state index in [0.717, 1.165) is 16.6 Å². The molecule has 3 N–H and O–H groups in total. The number of nitrogens with one attached hydrogen (secondary N) is 3. The molecule has 11 heteroatoms. The highest BCUT2D eigenvalue weighted by Crippen LogP contribution is 2.22. The summed E-state index contributed by atoms with van der Waals surface area (Å²) in [6, 6.07) is 17.0. The zero-order chi connectivity index (χ0) is 25.5. The molecule has 0 saturated carbocycles. The number of methoxy groups -OCH3 is 1. The van der Waals surface area contributed by atoms with Crippen molar-refractivity contribution in [2.75, 3.05) is 13.7 Å². The number of imidazole rings is 1. The zero-order valence-electron chi connectivity index (χ0n) is 19.3. The molecule has 0 radical (unpaired) electrons. The fraction of sp³-hybridized carbons (Fsp3) is 0.240. The lowest BCUT2D eigenvalue weighted by atomic mass is 10.1. The number of pyridine rings is 1. The van der Waals surface area contributed by atoms with E-state index in [1.165, 1.54) is 12.3 Å². The maximum absolute atomic E-state index is 12.8. The number of nitrogens with zero attached hydrogens (tertiary/aromatic N) is 2. The maximum atomic E-state index is 12.8. The van der Waals surface area contributed by atoms with Crippen LogP contribution in [0.3, 0.4) is 0 Å². The zero-order valence-corrected chi connectivity index (χ0v) is 19.3. The number of benzene rings is 2. The molecule has 2 aromatic heterocycles. The van der Waals surface area contributed by atoms with Crippen LogP contribution in [0, 0.1) is 0 Å². The van der Waals surface area contributed by atoms with Gasteiger partial charge in [0.15, 0.2) is 6.61 Å². The molecule has 0 aliphatic carbocycles. The van der Waals surface area contributed by atoms with Gasteiger partial charge in [-0.15, -0.1) is 0 Å². The van der Waals surface area contributed by atoms with Gasteiger partial charge in [-0.1, -0.05) is 30.3 Å². The number of carbonyl (C=O) groups excluding carboxylic acids is 1. The lowest BCUT2D eigenvalue weighted by molar-refractivity contribution is -0.154. The Morgan fingerprint density at radius 2 is 1.86 bits per heavy atom. The van der Waals surface area contributed by atoms with E-state index in [9.17, 15) is 18.0 Å². The average Bonchev–Trinajstić information content (AvgIpc) is 3.31. The summed E-state index contributed by atoms with van der Waals surface area (Å²) in [5.74, 6) is 1.09. The minimum absolute atomic E-state index is 0.0811. The molecule has 2 amide bonds. The number of aromatic nitrogens is 3. The van der Waals surface area contributed by atoms with Crippen molar-refractivity contribution in [3.8, 4) is 11.6 Å². The van der Waals surface area contributed by atoms with Crippen LogP contribution in [0.1, 0.15) is 23.0 Å². The number of rotatable bonds is 9. The Labute approximate surface area is 204 Å². The number of fused-ring (bicyclic) bond motifs is 1. The SMILES string of the molecule is COc1ccc(C[C@@H](NC(=O)NCc2cccnc2OCC(F)(F)F)c2nc3ccccc3[nH]2)cc1. The van der Waals surface area contributed by atoms with Gasteiger partial charge in [0.05, 0.1) is 24.2 Å². The molecule has 2 heterocycles. The quantitative estimate of drug-likeness (QED) is 0.310. The summed E-state index contributed by atoms with van der Waals surface area (Å²) in [7, 11) is 1.58. The number of alkyl halides is 3. The fourth-order valence-electron chi connectivity index (χ4n) is 3.57. The van der Waals surface area contributed by atoms with Crippen molar-refractivity contribution >= 4 is 17.1 Å². The highest BCUT2D eigenvalue weighted by Gasteiger charge is 2.29. The lowest BCUT2D eigenvalue weighted by Gasteiger charge is -2.18. The molecule has 0 fully saturated rings. The molecule has 8 nitrogen and oxygen atoms in total. The third-order valence-corrected chi connectivity index (χ3v) is 5.30. The summed E-state index contributed by atoms with van der Waals surface area (Å²) in [5.41, 5.74) is 2.84. The largest absolute Gasteiger partial charge is 0.497 e. The van der Waals surface area contributed by atoms with Gasteiger partial charge in [-0.05, 0) is 42.3 Å². The first-order valence-electron chi connectivity index (χ1n) is 11.1. The third-order valence-electron chi connectivity index (χ3n) is 5.30. The number of amides is 2. The van der Waals surface area contributed by atoms with Crippen LogP contribution in [-0.2, 0) is 13.0 Å². The summed E-state index contributed by atoms with van der Waals surface area (Å²) in [6.45, 7) is -1.55. The number of para-hydroxylation sites is 2. The second-order valence-electron chi connectivity index (χ2n) is 7.94. The van der Waals surface area contributed by atoms with Crippen molar-refractivity contribution in [2.24, 2.45) is 0 Å². The van der Waals surface area contributed by atoms with Crippen molar-refractivity contribution in [3.63, 3.8) is 0 Å². The highest BCUT2D eigenvalue weighted by molar-refractivity contribution is 5.76. The molecule has 4 rings (SSSR count). The number of H-pyrrole nitrogens is 1. The minimum atomic E-state index is -4.50. The van der Waals surface area contributed by atoms with Crippen molar-refractivity contribution < 1.29 is 27.4 Å². The molecule has 0 unspecified atom stereocenters. The van der Waals surface area contributed by atoms with E-state index in [4.69, 9.17) is 9.47 Å². The standard InChI is InChI=1S/C25H24F3N5O3/c1-35-18-10-8-16(9-11-18)13-21(22-31-19-6-2-3-7-20(19)32-22)33-24(34)30-14-17-5-4-12-29-23(17)36-15-25(26,27)28/h2-12,21H,13-15H2,1H3,(H,31,32)(H2,30,33,34)/t21-/m1/s1. The first-order chi connectivity index (χ1) is 17.3. The average molecular weight is 499 g/mol. The van der Waals surface area contributed by atoms with E-state index in [1.54, 1.807) is 13.2 Å². The van der Waals surface area contributed by atoms with E-state index < -0.39 is 24.9 Å². The van der Waals surface area contributed by atoms with Crippen molar-refractivity contribution in [1.29, 1.82) is 0 Å². The maximum Gasteiger partial charge on any atom is 0.422 e. The van der Waals surface area contributed by atoms with Gasteiger partial charge in [0, 0.05) is 18.3 Å². The molecule has 0 aliphatic heterocycles. The third kappa shape index (κ3) is 6.65. The molecule has 0 saturated heterocycles. The monoisotopic (exact) mass is 499 g/mol. The van der Waals surface area contributed by atoms with Gasteiger partial charge in [0.25, 0.3) is 0 Å². The number of halogens is 3. The van der Waals surface area contributed by atoms with Gasteiger partial charge in [0.2, 0.25) is 5.88 Å². The Balaban J connectivity index is 1.47. The molecule has 36 heavy (non-hydrogen) atoms. The predicted molar refractivity (Wildman–Crippen MR) is 127 cm³/mol. The smallest absolute Gasteiger partial charge is 0.422 e. The van der Waals surface area contributed by atoms with Gasteiger partial charge >= 0.3 is 12.2 Å². The summed E-state index contributed by atoms with van der Waals surface area (Å²) >= 11 is 0. The summed E-state index contributed by atoms with van der Waals surface area (Å²) in [5, 5.41) is 5.56. The molecular weight excluding hydrogens is 475 g/mol. The van der Waals surface area contributed by atoms with Crippen LogP contribution < -0.4 is 20.1 Å². The molecule has 2 aromatic carbocycles. The van der Waals surface area contributed by atoms with Crippen LogP contribution in [0.2, 0.25) is 0 Å². The Bertz CT molecular complexity index is 1280. The lowest BCUT2D eigenvalue weighted by Crippen LogP contribution is -2.39. The van der Waals surface area contributed by atoms with E-state index in [2.05, 4.69) is 25.6 Å². The van der Waals surface area contributed by atoms with Gasteiger partial charge in [-0.3, -0.25) is 0 Å². The summed E-state index contributed by atoms with van der Waals surface area (Å²) in [4.78, 5) is 24.5. The predicted octanol–water partition coefficient (Wildman–Crippen LogP) is 4.69. The number of aromatic amines is 1. The summed E-state index contributed by atoms with van der Waals surface area (Å²) < 4.78 is 47.6. The molecule has 0 aliphatic rings. The van der Waals surface area contributed by atoms with Crippen LogP contribution in [0.4, 0.5) is 18.0 Å². The molecule has 0 bridgehead atoms. The van der Waals surface area contributed by atoms with E-state index in [1.807, 2.05) is 48.5 Å². The summed E-state index contributed by atoms with van der Waals surface area (Å²) in [6.07, 6.45) is -2.74.